The van der Waals surface area contributed by atoms with Crippen LogP contribution in [0.3, 0.4) is 0 Å². The van der Waals surface area contributed by atoms with E-state index in [4.69, 9.17) is 9.47 Å². The van der Waals surface area contributed by atoms with Crippen LogP contribution in [0.4, 0.5) is 15.8 Å². The Labute approximate surface area is 139 Å². The van der Waals surface area contributed by atoms with Crippen LogP contribution in [0.25, 0.3) is 0 Å². The second-order valence-corrected chi connectivity index (χ2v) is 6.01. The molecule has 0 bridgehead atoms. The maximum absolute atomic E-state index is 14.2. The topological polar surface area (TPSA) is 67.9 Å². The number of halogens is 1. The highest BCUT2D eigenvalue weighted by Gasteiger charge is 2.24. The summed E-state index contributed by atoms with van der Waals surface area (Å²) in [7, 11) is 0. The second-order valence-electron chi connectivity index (χ2n) is 6.01. The first-order valence-corrected chi connectivity index (χ1v) is 8.22. The Hall–Kier alpha value is -1.99. The van der Waals surface area contributed by atoms with E-state index in [0.29, 0.717) is 25.3 Å². The lowest BCUT2D eigenvalue weighted by Gasteiger charge is -2.17. The van der Waals surface area contributed by atoms with Gasteiger partial charge in [-0.1, -0.05) is 0 Å². The van der Waals surface area contributed by atoms with Crippen LogP contribution in [0.5, 0.6) is 0 Å². The van der Waals surface area contributed by atoms with Crippen molar-refractivity contribution in [1.29, 1.82) is 0 Å². The number of carbonyl (C=O) groups excluding carboxylic acids is 2. The average molecular weight is 336 g/mol. The van der Waals surface area contributed by atoms with E-state index in [2.05, 4.69) is 5.32 Å². The number of anilines is 2. The Kier molecular flexibility index (Phi) is 5.42. The molecule has 3 rings (SSSR count). The Morgan fingerprint density at radius 1 is 1.42 bits per heavy atom. The van der Waals surface area contributed by atoms with Crippen molar-refractivity contribution in [3.05, 3.63) is 24.0 Å². The summed E-state index contributed by atoms with van der Waals surface area (Å²) in [5.41, 5.74) is 0.596. The lowest BCUT2D eigenvalue weighted by atomic mass is 10.2. The van der Waals surface area contributed by atoms with Gasteiger partial charge < -0.3 is 19.7 Å². The molecule has 0 spiro atoms. The number of rotatable bonds is 6. The highest BCUT2D eigenvalue weighted by molar-refractivity contribution is 5.96. The van der Waals surface area contributed by atoms with Gasteiger partial charge >= 0.3 is 0 Å². The lowest BCUT2D eigenvalue weighted by molar-refractivity contribution is -0.121. The van der Waals surface area contributed by atoms with Gasteiger partial charge in [0.25, 0.3) is 0 Å². The van der Waals surface area contributed by atoms with Gasteiger partial charge in [-0.15, -0.1) is 0 Å². The molecule has 2 aliphatic heterocycles. The van der Waals surface area contributed by atoms with E-state index < -0.39 is 5.82 Å². The molecule has 7 heteroatoms. The van der Waals surface area contributed by atoms with Crippen molar-refractivity contribution < 1.29 is 23.5 Å². The number of hydrogen-bond acceptors (Lipinski definition) is 4. The van der Waals surface area contributed by atoms with Crippen LogP contribution in [0, 0.1) is 5.82 Å². The molecule has 24 heavy (non-hydrogen) atoms. The third-order valence-corrected chi connectivity index (χ3v) is 4.16. The lowest BCUT2D eigenvalue weighted by Crippen LogP contribution is -2.25. The van der Waals surface area contributed by atoms with E-state index in [1.165, 1.54) is 17.0 Å². The highest BCUT2D eigenvalue weighted by atomic mass is 19.1. The van der Waals surface area contributed by atoms with Gasteiger partial charge in [0.2, 0.25) is 11.8 Å². The summed E-state index contributed by atoms with van der Waals surface area (Å²) in [6.07, 6.45) is 3.21. The van der Waals surface area contributed by atoms with Gasteiger partial charge in [-0.3, -0.25) is 9.59 Å². The molecule has 2 saturated heterocycles. The number of benzene rings is 1. The van der Waals surface area contributed by atoms with Crippen molar-refractivity contribution in [2.75, 3.05) is 36.6 Å². The average Bonchev–Trinajstić information content (AvgIpc) is 3.19. The molecular formula is C17H21FN2O4. The van der Waals surface area contributed by atoms with Crippen molar-refractivity contribution >= 4 is 23.2 Å². The number of carbonyl (C=O) groups is 2. The van der Waals surface area contributed by atoms with Gasteiger partial charge in [0.1, 0.15) is 12.4 Å². The molecule has 1 unspecified atom stereocenters. The van der Waals surface area contributed by atoms with Crippen LogP contribution < -0.4 is 10.2 Å². The van der Waals surface area contributed by atoms with Crippen molar-refractivity contribution in [2.45, 2.75) is 31.8 Å². The second kappa shape index (κ2) is 7.72. The quantitative estimate of drug-likeness (QED) is 0.864. The molecule has 0 aromatic heterocycles. The zero-order valence-electron chi connectivity index (χ0n) is 13.4. The molecule has 2 aliphatic rings. The molecule has 1 N–H and O–H groups in total. The van der Waals surface area contributed by atoms with Gasteiger partial charge in [-0.25, -0.2) is 4.39 Å². The first-order valence-electron chi connectivity index (χ1n) is 8.22. The SMILES string of the molecule is O=C(COCC1CCCO1)Nc1ccc(N2CCCC2=O)c(F)c1. The van der Waals surface area contributed by atoms with E-state index in [1.54, 1.807) is 6.07 Å². The minimum atomic E-state index is -0.525. The summed E-state index contributed by atoms with van der Waals surface area (Å²) in [5.74, 6) is -0.950. The maximum Gasteiger partial charge on any atom is 0.250 e. The molecule has 130 valence electrons. The maximum atomic E-state index is 14.2. The normalized spacial score (nSPS) is 20.6. The van der Waals surface area contributed by atoms with Crippen LogP contribution in [-0.2, 0) is 19.1 Å². The molecule has 0 aliphatic carbocycles. The minimum Gasteiger partial charge on any atom is -0.376 e. The molecule has 1 aromatic carbocycles. The third-order valence-electron chi connectivity index (χ3n) is 4.16. The van der Waals surface area contributed by atoms with Gasteiger partial charge in [0.05, 0.1) is 18.4 Å². The summed E-state index contributed by atoms with van der Waals surface area (Å²) in [6, 6.07) is 4.32. The van der Waals surface area contributed by atoms with Crippen LogP contribution in [-0.4, -0.2) is 44.3 Å². The predicted molar refractivity (Wildman–Crippen MR) is 86.4 cm³/mol. The molecule has 2 heterocycles. The Morgan fingerprint density at radius 2 is 2.29 bits per heavy atom. The zero-order chi connectivity index (χ0) is 16.9. The van der Waals surface area contributed by atoms with Crippen LogP contribution in [0.15, 0.2) is 18.2 Å². The number of amides is 2. The summed E-state index contributed by atoms with van der Waals surface area (Å²) in [4.78, 5) is 24.9. The molecular weight excluding hydrogens is 315 g/mol. The zero-order valence-corrected chi connectivity index (χ0v) is 13.4. The number of nitrogens with zero attached hydrogens (tertiary/aromatic N) is 1. The van der Waals surface area contributed by atoms with Crippen molar-refractivity contribution in [1.82, 2.24) is 0 Å². The molecule has 0 radical (unpaired) electrons. The van der Waals surface area contributed by atoms with E-state index in [-0.39, 0.29) is 30.2 Å². The van der Waals surface area contributed by atoms with Gasteiger partial charge in [0.15, 0.2) is 0 Å². The van der Waals surface area contributed by atoms with Gasteiger partial charge in [0, 0.05) is 25.3 Å². The third kappa shape index (κ3) is 4.10. The summed E-state index contributed by atoms with van der Waals surface area (Å²) >= 11 is 0. The molecule has 1 aromatic rings. The van der Waals surface area contributed by atoms with E-state index in [9.17, 15) is 14.0 Å². The molecule has 6 nitrogen and oxygen atoms in total. The molecule has 2 fully saturated rings. The first kappa shape index (κ1) is 16.9. The monoisotopic (exact) mass is 336 g/mol. The van der Waals surface area contributed by atoms with Crippen molar-refractivity contribution in [2.24, 2.45) is 0 Å². The Morgan fingerprint density at radius 3 is 2.96 bits per heavy atom. The fourth-order valence-corrected chi connectivity index (χ4v) is 2.96. The van der Waals surface area contributed by atoms with Crippen molar-refractivity contribution in [3.8, 4) is 0 Å². The van der Waals surface area contributed by atoms with E-state index in [1.807, 2.05) is 0 Å². The van der Waals surface area contributed by atoms with Crippen molar-refractivity contribution in [3.63, 3.8) is 0 Å². The van der Waals surface area contributed by atoms with Gasteiger partial charge in [-0.2, -0.15) is 0 Å². The summed E-state index contributed by atoms with van der Waals surface area (Å²) in [6.45, 7) is 1.55. The highest BCUT2D eigenvalue weighted by Crippen LogP contribution is 2.26. The smallest absolute Gasteiger partial charge is 0.250 e. The molecule has 1 atom stereocenters. The van der Waals surface area contributed by atoms with E-state index in [0.717, 1.165) is 25.9 Å². The Balaban J connectivity index is 1.50. The standard InChI is InChI=1S/C17H21FN2O4/c18-14-9-12(5-6-15(14)20-7-1-4-17(20)22)19-16(21)11-23-10-13-3-2-8-24-13/h5-6,9,13H,1-4,7-8,10-11H2,(H,19,21). The number of ether oxygens (including phenoxy) is 2. The Bertz CT molecular complexity index is 617. The van der Waals surface area contributed by atoms with Crippen LogP contribution in [0.1, 0.15) is 25.7 Å². The van der Waals surface area contributed by atoms with E-state index >= 15 is 0 Å². The molecule has 2 amide bonds. The molecule has 0 saturated carbocycles. The van der Waals surface area contributed by atoms with Crippen LogP contribution in [0.2, 0.25) is 0 Å². The number of hydrogen-bond donors (Lipinski definition) is 1. The fourth-order valence-electron chi connectivity index (χ4n) is 2.96. The van der Waals surface area contributed by atoms with Crippen LogP contribution >= 0.6 is 0 Å². The summed E-state index contributed by atoms with van der Waals surface area (Å²) < 4.78 is 24.9. The number of nitrogens with one attached hydrogen (secondary N) is 1. The minimum absolute atomic E-state index is 0.0625. The first-order chi connectivity index (χ1) is 11.6. The predicted octanol–water partition coefficient (Wildman–Crippen LogP) is 2.09. The van der Waals surface area contributed by atoms with Gasteiger partial charge in [-0.05, 0) is 37.5 Å². The largest absolute Gasteiger partial charge is 0.376 e. The fraction of sp³-hybridized carbons (Fsp3) is 0.529. The summed E-state index contributed by atoms with van der Waals surface area (Å²) in [5, 5.41) is 2.59.